The number of benzene rings is 2. The Labute approximate surface area is 161 Å². The fourth-order valence-corrected chi connectivity index (χ4v) is 2.80. The summed E-state index contributed by atoms with van der Waals surface area (Å²) in [5.74, 6) is -0.135. The molecule has 3 rings (SSSR count). The number of alkyl carbamates (subject to hydrolysis) is 1. The molecular weight excluding hydrogens is 364 g/mol. The zero-order chi connectivity index (χ0) is 19.4. The van der Waals surface area contributed by atoms with Gasteiger partial charge in [-0.3, -0.25) is 10.1 Å². The number of ether oxygens (including phenoxy) is 1. The maximum atomic E-state index is 11.4. The third-order valence-corrected chi connectivity index (χ3v) is 3.89. The first-order chi connectivity index (χ1) is 12.9. The van der Waals surface area contributed by atoms with Crippen LogP contribution in [-0.4, -0.2) is 28.7 Å². The molecule has 27 heavy (non-hydrogen) atoms. The van der Waals surface area contributed by atoms with Crippen molar-refractivity contribution in [2.75, 3.05) is 17.2 Å². The molecule has 7 nitrogen and oxygen atoms in total. The third kappa shape index (κ3) is 4.68. The molecule has 0 saturated heterocycles. The van der Waals surface area contributed by atoms with E-state index in [1.807, 2.05) is 42.5 Å². The number of aromatic nitrogens is 1. The van der Waals surface area contributed by atoms with Gasteiger partial charge in [0.25, 0.3) is 0 Å². The highest BCUT2D eigenvalue weighted by atomic mass is 32.1. The van der Waals surface area contributed by atoms with Crippen LogP contribution in [0.2, 0.25) is 0 Å². The SMILES string of the molecule is CCOC(=O)NC(=S)Nc1ccc2cc3ccc(NC(C)=O)cc3nc2c1. The molecule has 0 unspecified atom stereocenters. The Kier molecular flexibility index (Phi) is 5.46. The lowest BCUT2D eigenvalue weighted by atomic mass is 10.1. The number of rotatable bonds is 3. The van der Waals surface area contributed by atoms with Crippen molar-refractivity contribution in [1.29, 1.82) is 0 Å². The topological polar surface area (TPSA) is 92.4 Å². The summed E-state index contributed by atoms with van der Waals surface area (Å²) in [4.78, 5) is 27.3. The van der Waals surface area contributed by atoms with Gasteiger partial charge in [0.2, 0.25) is 5.91 Å². The minimum atomic E-state index is -0.606. The van der Waals surface area contributed by atoms with Gasteiger partial charge in [0.15, 0.2) is 5.11 Å². The van der Waals surface area contributed by atoms with Gasteiger partial charge in [0, 0.05) is 29.1 Å². The highest BCUT2D eigenvalue weighted by Gasteiger charge is 2.07. The second-order valence-corrected chi connectivity index (χ2v) is 6.19. The molecule has 2 amide bonds. The molecule has 8 heteroatoms. The van der Waals surface area contributed by atoms with E-state index in [1.54, 1.807) is 6.92 Å². The molecule has 3 N–H and O–H groups in total. The molecule has 0 bridgehead atoms. The fourth-order valence-electron chi connectivity index (χ4n) is 2.60. The van der Waals surface area contributed by atoms with Crippen LogP contribution in [0.3, 0.4) is 0 Å². The molecule has 1 aromatic heterocycles. The summed E-state index contributed by atoms with van der Waals surface area (Å²) >= 11 is 5.10. The van der Waals surface area contributed by atoms with E-state index in [1.165, 1.54) is 6.92 Å². The van der Waals surface area contributed by atoms with Crippen molar-refractivity contribution >= 4 is 62.5 Å². The number of carbonyl (C=O) groups excluding carboxylic acids is 2. The van der Waals surface area contributed by atoms with Gasteiger partial charge < -0.3 is 15.4 Å². The second kappa shape index (κ2) is 7.96. The van der Waals surface area contributed by atoms with Crippen LogP contribution in [0.5, 0.6) is 0 Å². The number of carbonyl (C=O) groups is 2. The van der Waals surface area contributed by atoms with E-state index in [-0.39, 0.29) is 17.6 Å². The maximum absolute atomic E-state index is 11.4. The molecule has 3 aromatic rings. The third-order valence-electron chi connectivity index (χ3n) is 3.68. The van der Waals surface area contributed by atoms with Gasteiger partial charge in [-0.1, -0.05) is 12.1 Å². The largest absolute Gasteiger partial charge is 0.450 e. The number of pyridine rings is 1. The van der Waals surface area contributed by atoms with Gasteiger partial charge in [-0.05, 0) is 49.5 Å². The van der Waals surface area contributed by atoms with Gasteiger partial charge >= 0.3 is 6.09 Å². The number of amides is 2. The summed E-state index contributed by atoms with van der Waals surface area (Å²) in [5, 5.41) is 10.2. The summed E-state index contributed by atoms with van der Waals surface area (Å²) in [6.07, 6.45) is -0.606. The first-order valence-corrected chi connectivity index (χ1v) is 8.72. The lowest BCUT2D eigenvalue weighted by Gasteiger charge is -2.10. The highest BCUT2D eigenvalue weighted by Crippen LogP contribution is 2.24. The van der Waals surface area contributed by atoms with Crippen molar-refractivity contribution in [3.63, 3.8) is 0 Å². The van der Waals surface area contributed by atoms with Gasteiger partial charge in [-0.2, -0.15) is 0 Å². The average Bonchev–Trinajstić information content (AvgIpc) is 2.59. The molecule has 2 aromatic carbocycles. The summed E-state index contributed by atoms with van der Waals surface area (Å²) in [7, 11) is 0. The van der Waals surface area contributed by atoms with Gasteiger partial charge in [0.05, 0.1) is 17.6 Å². The summed E-state index contributed by atoms with van der Waals surface area (Å²) in [5.41, 5.74) is 2.90. The minimum Gasteiger partial charge on any atom is -0.450 e. The quantitative estimate of drug-likeness (QED) is 0.471. The number of hydrogen-bond acceptors (Lipinski definition) is 5. The predicted molar refractivity (Wildman–Crippen MR) is 110 cm³/mol. The molecule has 0 aliphatic heterocycles. The Hall–Kier alpha value is -3.26. The molecule has 138 valence electrons. The first-order valence-electron chi connectivity index (χ1n) is 8.31. The molecule has 1 heterocycles. The van der Waals surface area contributed by atoms with E-state index in [0.717, 1.165) is 21.8 Å². The van der Waals surface area contributed by atoms with E-state index in [2.05, 4.69) is 20.9 Å². The van der Waals surface area contributed by atoms with Crippen molar-refractivity contribution in [1.82, 2.24) is 10.3 Å². The second-order valence-electron chi connectivity index (χ2n) is 5.78. The fraction of sp³-hybridized carbons (Fsp3) is 0.158. The maximum Gasteiger partial charge on any atom is 0.413 e. The van der Waals surface area contributed by atoms with E-state index in [9.17, 15) is 9.59 Å². The Morgan fingerprint density at radius 3 is 2.15 bits per heavy atom. The standard InChI is InChI=1S/C19H18N4O3S/c1-3-26-19(25)23-18(27)21-15-7-5-13-8-12-4-6-14(20-11(2)24)9-16(12)22-17(13)10-15/h4-10H,3H2,1-2H3,(H,20,24)(H2,21,23,25,27). The summed E-state index contributed by atoms with van der Waals surface area (Å²) < 4.78 is 4.79. The number of nitrogens with zero attached hydrogens (tertiary/aromatic N) is 1. The summed E-state index contributed by atoms with van der Waals surface area (Å²) in [6, 6.07) is 13.2. The number of nitrogens with one attached hydrogen (secondary N) is 3. The van der Waals surface area contributed by atoms with Crippen molar-refractivity contribution in [2.24, 2.45) is 0 Å². The summed E-state index contributed by atoms with van der Waals surface area (Å²) in [6.45, 7) is 3.44. The highest BCUT2D eigenvalue weighted by molar-refractivity contribution is 7.80. The molecule has 0 aliphatic rings. The monoisotopic (exact) mass is 382 g/mol. The zero-order valence-electron chi connectivity index (χ0n) is 14.8. The Morgan fingerprint density at radius 2 is 1.59 bits per heavy atom. The average molecular weight is 382 g/mol. The van der Waals surface area contributed by atoms with Crippen LogP contribution >= 0.6 is 12.2 Å². The van der Waals surface area contributed by atoms with Crippen molar-refractivity contribution in [2.45, 2.75) is 13.8 Å². The van der Waals surface area contributed by atoms with E-state index in [4.69, 9.17) is 17.0 Å². The zero-order valence-corrected chi connectivity index (χ0v) is 15.6. The number of thiocarbonyl (C=S) groups is 1. The van der Waals surface area contributed by atoms with Crippen LogP contribution < -0.4 is 16.0 Å². The Balaban J connectivity index is 1.86. The van der Waals surface area contributed by atoms with Crippen molar-refractivity contribution < 1.29 is 14.3 Å². The normalized spacial score (nSPS) is 10.4. The Morgan fingerprint density at radius 1 is 1.00 bits per heavy atom. The van der Waals surface area contributed by atoms with E-state index in [0.29, 0.717) is 11.4 Å². The van der Waals surface area contributed by atoms with Gasteiger partial charge in [-0.25, -0.2) is 9.78 Å². The van der Waals surface area contributed by atoms with Crippen LogP contribution in [0, 0.1) is 0 Å². The first kappa shape index (κ1) is 18.5. The van der Waals surface area contributed by atoms with Crippen molar-refractivity contribution in [3.8, 4) is 0 Å². The van der Waals surface area contributed by atoms with Crippen LogP contribution in [0.4, 0.5) is 16.2 Å². The smallest absolute Gasteiger partial charge is 0.413 e. The van der Waals surface area contributed by atoms with Gasteiger partial charge in [0.1, 0.15) is 0 Å². The molecule has 0 fully saturated rings. The lowest BCUT2D eigenvalue weighted by Crippen LogP contribution is -2.34. The molecule has 0 spiro atoms. The predicted octanol–water partition coefficient (Wildman–Crippen LogP) is 3.79. The lowest BCUT2D eigenvalue weighted by molar-refractivity contribution is -0.114. The molecule has 0 saturated carbocycles. The number of fused-ring (bicyclic) bond motifs is 2. The molecule has 0 aliphatic carbocycles. The number of hydrogen-bond donors (Lipinski definition) is 3. The minimum absolute atomic E-state index is 0.135. The van der Waals surface area contributed by atoms with Crippen LogP contribution in [0.25, 0.3) is 21.8 Å². The molecule has 0 atom stereocenters. The Bertz CT molecular complexity index is 1050. The van der Waals surface area contributed by atoms with E-state index < -0.39 is 6.09 Å². The van der Waals surface area contributed by atoms with Gasteiger partial charge in [-0.15, -0.1) is 0 Å². The number of anilines is 2. The molecule has 0 radical (unpaired) electrons. The van der Waals surface area contributed by atoms with Crippen LogP contribution in [-0.2, 0) is 9.53 Å². The van der Waals surface area contributed by atoms with Crippen LogP contribution in [0.15, 0.2) is 42.5 Å². The van der Waals surface area contributed by atoms with E-state index >= 15 is 0 Å². The van der Waals surface area contributed by atoms with Crippen molar-refractivity contribution in [3.05, 3.63) is 42.5 Å². The molecular formula is C19H18N4O3S. The van der Waals surface area contributed by atoms with Crippen LogP contribution in [0.1, 0.15) is 13.8 Å².